The number of fused-ring (bicyclic) bond motifs is 3. The third-order valence-corrected chi connectivity index (χ3v) is 7.11. The van der Waals surface area contributed by atoms with Gasteiger partial charge in [-0.2, -0.15) is 4.52 Å². The lowest BCUT2D eigenvalue weighted by Gasteiger charge is -2.08. The highest BCUT2D eigenvalue weighted by Crippen LogP contribution is 2.32. The number of hydrogen-bond donors (Lipinski definition) is 1. The molecule has 1 N–H and O–H groups in total. The van der Waals surface area contributed by atoms with E-state index in [4.69, 9.17) is 11.6 Å². The summed E-state index contributed by atoms with van der Waals surface area (Å²) >= 11 is 7.46. The van der Waals surface area contributed by atoms with Gasteiger partial charge in [0.2, 0.25) is 14.9 Å². The minimum atomic E-state index is -3.95. The number of nitrogens with one attached hydrogen (secondary N) is 1. The van der Waals surface area contributed by atoms with Crippen molar-refractivity contribution in [2.45, 2.75) is 9.92 Å². The second-order valence-corrected chi connectivity index (χ2v) is 9.39. The summed E-state index contributed by atoms with van der Waals surface area (Å²) in [6, 6.07) is 17.4. The highest BCUT2D eigenvalue weighted by atomic mass is 35.5. The van der Waals surface area contributed by atoms with Crippen LogP contribution in [0.15, 0.2) is 76.0 Å². The molecule has 7 nitrogen and oxygen atoms in total. The number of rotatable bonds is 4. The smallest absolute Gasteiger partial charge is 0.229 e. The standard InChI is InChI=1S/C19H12ClN5O2S2/c20-12-5-4-8-14(11-12)29(26,27)19-18-22-17(21-13-6-2-1-3-7-13)16-15(9-10-28-16)25(18)24-23-19/h1-11H,(H,21,22). The number of anilines is 2. The summed E-state index contributed by atoms with van der Waals surface area (Å²) in [5.41, 5.74) is 1.71. The molecule has 0 fully saturated rings. The number of thiophene rings is 1. The van der Waals surface area contributed by atoms with Crippen molar-refractivity contribution in [3.8, 4) is 0 Å². The Balaban J connectivity index is 1.74. The Hall–Kier alpha value is -3.01. The fraction of sp³-hybridized carbons (Fsp3) is 0. The number of halogens is 1. The summed E-state index contributed by atoms with van der Waals surface area (Å²) in [6.45, 7) is 0. The molecule has 5 aromatic rings. The van der Waals surface area contributed by atoms with Crippen LogP contribution in [0.25, 0.3) is 15.9 Å². The van der Waals surface area contributed by atoms with Gasteiger partial charge < -0.3 is 5.32 Å². The van der Waals surface area contributed by atoms with Gasteiger partial charge in [0.25, 0.3) is 0 Å². The normalized spacial score (nSPS) is 11.9. The molecule has 0 saturated heterocycles. The first-order valence-corrected chi connectivity index (χ1v) is 11.2. The predicted molar refractivity (Wildman–Crippen MR) is 113 cm³/mol. The van der Waals surface area contributed by atoms with Crippen LogP contribution in [0.2, 0.25) is 5.02 Å². The van der Waals surface area contributed by atoms with Gasteiger partial charge in [0.1, 0.15) is 0 Å². The Morgan fingerprint density at radius 2 is 1.86 bits per heavy atom. The SMILES string of the molecule is O=S(=O)(c1cccc(Cl)c1)c1nnn2c1nc(Nc1ccccc1)c1sccc12. The van der Waals surface area contributed by atoms with E-state index in [0.29, 0.717) is 10.8 Å². The van der Waals surface area contributed by atoms with Crippen molar-refractivity contribution >= 4 is 60.1 Å². The topological polar surface area (TPSA) is 89.2 Å². The number of hydrogen-bond acceptors (Lipinski definition) is 7. The zero-order valence-corrected chi connectivity index (χ0v) is 17.0. The van der Waals surface area contributed by atoms with Gasteiger partial charge in [0, 0.05) is 10.7 Å². The second-order valence-electron chi connectivity index (χ2n) is 6.18. The molecule has 29 heavy (non-hydrogen) atoms. The molecule has 0 amide bonds. The fourth-order valence-electron chi connectivity index (χ4n) is 2.99. The molecular weight excluding hydrogens is 430 g/mol. The summed E-state index contributed by atoms with van der Waals surface area (Å²) in [6.07, 6.45) is 0. The van der Waals surface area contributed by atoms with Crippen molar-refractivity contribution in [2.75, 3.05) is 5.32 Å². The van der Waals surface area contributed by atoms with Gasteiger partial charge in [-0.25, -0.2) is 13.4 Å². The average Bonchev–Trinajstić information content (AvgIpc) is 3.36. The molecule has 0 atom stereocenters. The number of benzene rings is 2. The second kappa shape index (κ2) is 6.80. The number of nitrogens with zero attached hydrogens (tertiary/aromatic N) is 4. The van der Waals surface area contributed by atoms with Crippen molar-refractivity contribution in [1.29, 1.82) is 0 Å². The van der Waals surface area contributed by atoms with Crippen molar-refractivity contribution in [2.24, 2.45) is 0 Å². The molecule has 144 valence electrons. The summed E-state index contributed by atoms with van der Waals surface area (Å²) in [5.74, 6) is 0.540. The minimum absolute atomic E-state index is 0.0391. The molecule has 5 rings (SSSR count). The van der Waals surface area contributed by atoms with Gasteiger partial charge in [-0.1, -0.05) is 41.1 Å². The molecule has 0 aliphatic heterocycles. The first-order valence-electron chi connectivity index (χ1n) is 8.49. The van der Waals surface area contributed by atoms with E-state index in [1.165, 1.54) is 28.0 Å². The summed E-state index contributed by atoms with van der Waals surface area (Å²) in [7, 11) is -3.95. The number of sulfone groups is 1. The Labute approximate surface area is 174 Å². The lowest BCUT2D eigenvalue weighted by molar-refractivity contribution is 0.592. The summed E-state index contributed by atoms with van der Waals surface area (Å²) < 4.78 is 28.6. The van der Waals surface area contributed by atoms with Crippen molar-refractivity contribution in [1.82, 2.24) is 19.8 Å². The van der Waals surface area contributed by atoms with Gasteiger partial charge in [-0.15, -0.1) is 16.4 Å². The van der Waals surface area contributed by atoms with E-state index in [0.717, 1.165) is 15.9 Å². The molecule has 3 heterocycles. The molecule has 0 aliphatic rings. The number of para-hydroxylation sites is 1. The molecule has 0 aliphatic carbocycles. The van der Waals surface area contributed by atoms with Crippen molar-refractivity contribution in [3.05, 3.63) is 71.1 Å². The predicted octanol–water partition coefficient (Wildman–Crippen LogP) is 4.57. The van der Waals surface area contributed by atoms with Gasteiger partial charge in [-0.05, 0) is 41.8 Å². The maximum Gasteiger partial charge on any atom is 0.229 e. The van der Waals surface area contributed by atoms with Crippen LogP contribution in [-0.4, -0.2) is 28.2 Å². The quantitative estimate of drug-likeness (QED) is 0.439. The van der Waals surface area contributed by atoms with E-state index in [1.54, 1.807) is 12.1 Å². The van der Waals surface area contributed by atoms with Crippen LogP contribution in [0.1, 0.15) is 0 Å². The Morgan fingerprint density at radius 3 is 2.66 bits per heavy atom. The zero-order chi connectivity index (χ0) is 20.0. The van der Waals surface area contributed by atoms with Gasteiger partial charge >= 0.3 is 0 Å². The first-order chi connectivity index (χ1) is 14.0. The summed E-state index contributed by atoms with van der Waals surface area (Å²) in [5, 5.41) is 13.3. The Morgan fingerprint density at radius 1 is 1.03 bits per heavy atom. The van der Waals surface area contributed by atoms with Crippen LogP contribution < -0.4 is 5.32 Å². The van der Waals surface area contributed by atoms with Crippen LogP contribution in [0.3, 0.4) is 0 Å². The molecule has 0 radical (unpaired) electrons. The highest BCUT2D eigenvalue weighted by molar-refractivity contribution is 7.91. The molecular formula is C19H12ClN5O2S2. The molecule has 0 spiro atoms. The number of aromatic nitrogens is 4. The Kier molecular flexibility index (Phi) is 4.23. The van der Waals surface area contributed by atoms with Crippen molar-refractivity contribution in [3.63, 3.8) is 0 Å². The maximum atomic E-state index is 13.2. The molecule has 3 aromatic heterocycles. The van der Waals surface area contributed by atoms with E-state index in [9.17, 15) is 8.42 Å². The third kappa shape index (κ3) is 3.03. The first kappa shape index (κ1) is 18.0. The van der Waals surface area contributed by atoms with Crippen LogP contribution >= 0.6 is 22.9 Å². The molecule has 0 bridgehead atoms. The monoisotopic (exact) mass is 441 g/mol. The van der Waals surface area contributed by atoms with Crippen molar-refractivity contribution < 1.29 is 8.42 Å². The van der Waals surface area contributed by atoms with E-state index < -0.39 is 9.84 Å². The lowest BCUT2D eigenvalue weighted by Crippen LogP contribution is -2.05. The fourth-order valence-corrected chi connectivity index (χ4v) is 5.34. The third-order valence-electron chi connectivity index (χ3n) is 4.32. The van der Waals surface area contributed by atoms with Gasteiger partial charge in [0.05, 0.1) is 15.1 Å². The minimum Gasteiger partial charge on any atom is -0.339 e. The van der Waals surface area contributed by atoms with Crippen LogP contribution in [-0.2, 0) is 9.84 Å². The van der Waals surface area contributed by atoms with Crippen LogP contribution in [0.5, 0.6) is 0 Å². The summed E-state index contributed by atoms with van der Waals surface area (Å²) in [4.78, 5) is 4.61. The molecule has 0 saturated carbocycles. The van der Waals surface area contributed by atoms with Crippen LogP contribution in [0.4, 0.5) is 11.5 Å². The highest BCUT2D eigenvalue weighted by Gasteiger charge is 2.27. The zero-order valence-electron chi connectivity index (χ0n) is 14.7. The molecule has 10 heteroatoms. The van der Waals surface area contributed by atoms with Crippen LogP contribution in [0, 0.1) is 0 Å². The molecule has 0 unspecified atom stereocenters. The average molecular weight is 442 g/mol. The van der Waals surface area contributed by atoms with Gasteiger partial charge in [-0.3, -0.25) is 0 Å². The largest absolute Gasteiger partial charge is 0.339 e. The maximum absolute atomic E-state index is 13.2. The van der Waals surface area contributed by atoms with E-state index >= 15 is 0 Å². The van der Waals surface area contributed by atoms with E-state index in [1.807, 2.05) is 41.8 Å². The van der Waals surface area contributed by atoms with E-state index in [-0.39, 0.29) is 15.6 Å². The Bertz CT molecular complexity index is 1460. The molecule has 2 aromatic carbocycles. The van der Waals surface area contributed by atoms with E-state index in [2.05, 4.69) is 20.6 Å². The van der Waals surface area contributed by atoms with Gasteiger partial charge in [0.15, 0.2) is 11.5 Å². The lowest BCUT2D eigenvalue weighted by atomic mass is 10.3.